The summed E-state index contributed by atoms with van der Waals surface area (Å²) in [5, 5.41) is 0.291. The lowest BCUT2D eigenvalue weighted by molar-refractivity contribution is -0.137. The maximum atomic E-state index is 14.0. The second kappa shape index (κ2) is 11.2. The molecule has 3 aromatic carbocycles. The first-order valence-corrected chi connectivity index (χ1v) is 13.9. The van der Waals surface area contributed by atoms with E-state index in [9.17, 15) is 22.8 Å². The molecular formula is C33H32F3NO5. The van der Waals surface area contributed by atoms with Crippen LogP contribution in [0.3, 0.4) is 0 Å². The third-order valence-electron chi connectivity index (χ3n) is 7.47. The van der Waals surface area contributed by atoms with E-state index in [2.05, 4.69) is 13.8 Å². The van der Waals surface area contributed by atoms with Crippen molar-refractivity contribution in [2.75, 3.05) is 18.1 Å². The fraction of sp³-hybridized carbons (Fsp3) is 0.333. The summed E-state index contributed by atoms with van der Waals surface area (Å²) < 4.78 is 59.0. The van der Waals surface area contributed by atoms with Gasteiger partial charge in [0.2, 0.25) is 5.76 Å². The normalized spacial score (nSPS) is 15.0. The lowest BCUT2D eigenvalue weighted by atomic mass is 9.96. The van der Waals surface area contributed by atoms with Crippen LogP contribution in [0.25, 0.3) is 11.0 Å². The van der Waals surface area contributed by atoms with Crippen LogP contribution in [0.15, 0.2) is 63.8 Å². The van der Waals surface area contributed by atoms with Crippen molar-refractivity contribution in [3.8, 4) is 11.5 Å². The van der Waals surface area contributed by atoms with Crippen molar-refractivity contribution in [1.82, 2.24) is 0 Å². The summed E-state index contributed by atoms with van der Waals surface area (Å²) in [4.78, 5) is 29.1. The molecule has 220 valence electrons. The number of alkyl halides is 3. The summed E-state index contributed by atoms with van der Waals surface area (Å²) in [5.41, 5.74) is 1.16. The Hall–Kier alpha value is -4.27. The van der Waals surface area contributed by atoms with Gasteiger partial charge in [-0.3, -0.25) is 14.5 Å². The second-order valence-electron chi connectivity index (χ2n) is 10.9. The van der Waals surface area contributed by atoms with Crippen LogP contribution >= 0.6 is 0 Å². The van der Waals surface area contributed by atoms with Gasteiger partial charge in [0.15, 0.2) is 16.9 Å². The smallest absolute Gasteiger partial charge is 0.416 e. The number of anilines is 1. The molecule has 1 atom stereocenters. The number of carbonyl (C=O) groups is 1. The van der Waals surface area contributed by atoms with Gasteiger partial charge in [-0.1, -0.05) is 26.0 Å². The van der Waals surface area contributed by atoms with E-state index < -0.39 is 29.1 Å². The maximum absolute atomic E-state index is 14.0. The van der Waals surface area contributed by atoms with Gasteiger partial charge in [0.25, 0.3) is 5.91 Å². The summed E-state index contributed by atoms with van der Waals surface area (Å²) in [6.07, 6.45) is -3.80. The lowest BCUT2D eigenvalue weighted by Gasteiger charge is -2.26. The fourth-order valence-electron chi connectivity index (χ4n) is 5.13. The Morgan fingerprint density at radius 3 is 2.38 bits per heavy atom. The molecule has 0 N–H and O–H groups in total. The first-order chi connectivity index (χ1) is 19.9. The van der Waals surface area contributed by atoms with Crippen LogP contribution in [0.5, 0.6) is 11.5 Å². The van der Waals surface area contributed by atoms with Crippen LogP contribution in [0, 0.1) is 19.8 Å². The zero-order chi connectivity index (χ0) is 30.3. The van der Waals surface area contributed by atoms with Crippen molar-refractivity contribution in [2.24, 2.45) is 5.92 Å². The van der Waals surface area contributed by atoms with Gasteiger partial charge in [-0.05, 0) is 92.3 Å². The van der Waals surface area contributed by atoms with Crippen molar-refractivity contribution in [3.63, 3.8) is 0 Å². The molecule has 2 heterocycles. The van der Waals surface area contributed by atoms with Crippen molar-refractivity contribution >= 4 is 22.6 Å². The topological polar surface area (TPSA) is 69.0 Å². The molecule has 1 aliphatic rings. The number of halogens is 3. The highest BCUT2D eigenvalue weighted by Crippen LogP contribution is 2.44. The van der Waals surface area contributed by atoms with Crippen molar-refractivity contribution in [2.45, 2.75) is 53.3 Å². The van der Waals surface area contributed by atoms with Crippen LogP contribution in [0.1, 0.15) is 71.6 Å². The highest BCUT2D eigenvalue weighted by Gasteiger charge is 2.44. The van der Waals surface area contributed by atoms with Gasteiger partial charge >= 0.3 is 6.18 Å². The Labute approximate surface area is 241 Å². The van der Waals surface area contributed by atoms with Crippen LogP contribution in [-0.4, -0.2) is 19.1 Å². The molecule has 1 amide bonds. The Bertz CT molecular complexity index is 1720. The maximum Gasteiger partial charge on any atom is 0.416 e. The third-order valence-corrected chi connectivity index (χ3v) is 7.47. The minimum atomic E-state index is -4.63. The van der Waals surface area contributed by atoms with E-state index in [0.717, 1.165) is 29.7 Å². The molecule has 0 bridgehead atoms. The summed E-state index contributed by atoms with van der Waals surface area (Å²) in [7, 11) is 0. The lowest BCUT2D eigenvalue weighted by Crippen LogP contribution is -2.29. The molecule has 6 nitrogen and oxygen atoms in total. The van der Waals surface area contributed by atoms with Crippen molar-refractivity contribution in [3.05, 3.63) is 98.4 Å². The van der Waals surface area contributed by atoms with E-state index >= 15 is 0 Å². The summed E-state index contributed by atoms with van der Waals surface area (Å²) in [6, 6.07) is 11.9. The number of hydrogen-bond acceptors (Lipinski definition) is 5. The Kier molecular flexibility index (Phi) is 7.79. The highest BCUT2D eigenvalue weighted by molar-refractivity contribution is 6.10. The van der Waals surface area contributed by atoms with Gasteiger partial charge in [-0.2, -0.15) is 13.2 Å². The number of benzene rings is 3. The molecule has 4 aromatic rings. The van der Waals surface area contributed by atoms with E-state index in [1.807, 2.05) is 20.8 Å². The fourth-order valence-corrected chi connectivity index (χ4v) is 5.13. The van der Waals surface area contributed by atoms with E-state index in [4.69, 9.17) is 13.9 Å². The molecule has 5 rings (SSSR count). The number of ether oxygens (including phenoxy) is 2. The number of rotatable bonds is 8. The van der Waals surface area contributed by atoms with Crippen LogP contribution in [0.4, 0.5) is 18.9 Å². The summed E-state index contributed by atoms with van der Waals surface area (Å²) in [5.74, 6) is 0.423. The first-order valence-electron chi connectivity index (χ1n) is 13.9. The third kappa shape index (κ3) is 5.35. The molecule has 0 aliphatic carbocycles. The van der Waals surface area contributed by atoms with Gasteiger partial charge < -0.3 is 13.9 Å². The molecule has 0 fully saturated rings. The van der Waals surface area contributed by atoms with Crippen molar-refractivity contribution < 1.29 is 31.9 Å². The molecule has 1 aliphatic heterocycles. The minimum absolute atomic E-state index is 0.0164. The van der Waals surface area contributed by atoms with E-state index in [0.29, 0.717) is 41.6 Å². The Balaban J connectivity index is 1.73. The average Bonchev–Trinajstić information content (AvgIpc) is 3.22. The Morgan fingerprint density at radius 2 is 1.69 bits per heavy atom. The van der Waals surface area contributed by atoms with Gasteiger partial charge in [0, 0.05) is 5.69 Å². The number of carbonyl (C=O) groups excluding carboxylic acids is 1. The standard InChI is InChI=1S/C33H32F3NO5/c1-6-40-27-16-21(10-11-25(27)41-13-12-18(2)3)29-28-30(38)24-14-19(4)20(5)15-26(24)42-31(28)32(39)37(29)23-9-7-8-22(17-23)33(34,35)36/h7-11,14-18,29H,6,12-13H2,1-5H3. The van der Waals surface area contributed by atoms with Gasteiger partial charge in [0.1, 0.15) is 5.58 Å². The second-order valence-corrected chi connectivity index (χ2v) is 10.9. The zero-order valence-electron chi connectivity index (χ0n) is 24.1. The zero-order valence-corrected chi connectivity index (χ0v) is 24.1. The quantitative estimate of drug-likeness (QED) is 0.212. The number of nitrogens with zero attached hydrogens (tertiary/aromatic N) is 1. The molecule has 42 heavy (non-hydrogen) atoms. The minimum Gasteiger partial charge on any atom is -0.490 e. The van der Waals surface area contributed by atoms with Crippen LogP contribution in [-0.2, 0) is 6.18 Å². The monoisotopic (exact) mass is 579 g/mol. The largest absolute Gasteiger partial charge is 0.490 e. The number of fused-ring (bicyclic) bond motifs is 2. The molecule has 1 unspecified atom stereocenters. The Morgan fingerprint density at radius 1 is 0.952 bits per heavy atom. The summed E-state index contributed by atoms with van der Waals surface area (Å²) in [6.45, 7) is 10.5. The number of aryl methyl sites for hydroxylation is 2. The highest BCUT2D eigenvalue weighted by atomic mass is 19.4. The van der Waals surface area contributed by atoms with Gasteiger partial charge in [0.05, 0.1) is 35.8 Å². The average molecular weight is 580 g/mol. The molecular weight excluding hydrogens is 547 g/mol. The predicted octanol–water partition coefficient (Wildman–Crippen LogP) is 8.00. The molecule has 0 radical (unpaired) electrons. The van der Waals surface area contributed by atoms with Gasteiger partial charge in [-0.25, -0.2) is 0 Å². The molecule has 0 saturated heterocycles. The SMILES string of the molecule is CCOc1cc(C2c3c(oc4cc(C)c(C)cc4c3=O)C(=O)N2c2cccc(C(F)(F)F)c2)ccc1OCCC(C)C. The molecule has 0 spiro atoms. The molecule has 1 aromatic heterocycles. The number of hydrogen-bond donors (Lipinski definition) is 0. The molecule has 9 heteroatoms. The van der Waals surface area contributed by atoms with Crippen molar-refractivity contribution in [1.29, 1.82) is 0 Å². The number of amides is 1. The summed E-state index contributed by atoms with van der Waals surface area (Å²) >= 11 is 0. The van der Waals surface area contributed by atoms with E-state index in [1.165, 1.54) is 17.0 Å². The van der Waals surface area contributed by atoms with E-state index in [-0.39, 0.29) is 22.6 Å². The molecule has 0 saturated carbocycles. The predicted molar refractivity (Wildman–Crippen MR) is 155 cm³/mol. The van der Waals surface area contributed by atoms with Gasteiger partial charge in [-0.15, -0.1) is 0 Å². The van der Waals surface area contributed by atoms with Crippen LogP contribution < -0.4 is 19.8 Å². The van der Waals surface area contributed by atoms with E-state index in [1.54, 1.807) is 30.3 Å². The first kappa shape index (κ1) is 29.2. The van der Waals surface area contributed by atoms with Crippen LogP contribution in [0.2, 0.25) is 0 Å².